The summed E-state index contributed by atoms with van der Waals surface area (Å²) in [5.41, 5.74) is -2.15. The molecular formula is C36H45N7O15Y+3. The monoisotopic (exact) mass is 904 g/mol. The summed E-state index contributed by atoms with van der Waals surface area (Å²) in [5.74, 6) is -10.2. The van der Waals surface area contributed by atoms with Gasteiger partial charge in [-0.15, -0.1) is 0 Å². The van der Waals surface area contributed by atoms with E-state index in [0.717, 1.165) is 36.4 Å². The van der Waals surface area contributed by atoms with Crippen LogP contribution in [0.1, 0.15) is 62.1 Å². The second-order valence-electron chi connectivity index (χ2n) is 12.1. The van der Waals surface area contributed by atoms with Gasteiger partial charge in [0.2, 0.25) is 0 Å². The zero-order valence-electron chi connectivity index (χ0n) is 31.4. The first-order valence-corrected chi connectivity index (χ1v) is 17.6. The van der Waals surface area contributed by atoms with E-state index in [9.17, 15) is 59.4 Å². The van der Waals surface area contributed by atoms with Gasteiger partial charge < -0.3 is 77.9 Å². The Morgan fingerprint density at radius 2 is 0.525 bits per heavy atom. The SMILES string of the molecule is O=C(NCCO)c1ccc(C(=O)NCCN(CCNC(=O)c2ccc(C(=O)NCCO)c(O)c2O)CCNC(=O)c2ccc(C(=O)NCCO)c(O)c2O)c(O)c1O.[Y+3]. The minimum absolute atomic E-state index is 0. The third kappa shape index (κ3) is 13.4. The molecule has 0 spiro atoms. The van der Waals surface area contributed by atoms with Crippen LogP contribution in [0.4, 0.5) is 0 Å². The molecule has 0 aliphatic rings. The smallest absolute Gasteiger partial charge is 0.504 e. The summed E-state index contributed by atoms with van der Waals surface area (Å²) < 4.78 is 0. The van der Waals surface area contributed by atoms with Crippen molar-refractivity contribution < 1.29 is 107 Å². The van der Waals surface area contributed by atoms with E-state index < -0.39 is 69.9 Å². The maximum absolute atomic E-state index is 12.9. The molecule has 0 heterocycles. The predicted molar refractivity (Wildman–Crippen MR) is 201 cm³/mol. The molecule has 0 aliphatic carbocycles. The van der Waals surface area contributed by atoms with Crippen LogP contribution in [-0.2, 0) is 32.7 Å². The number of benzene rings is 3. The third-order valence-electron chi connectivity index (χ3n) is 8.25. The number of rotatable bonds is 21. The van der Waals surface area contributed by atoms with E-state index in [1.54, 1.807) is 4.90 Å². The van der Waals surface area contributed by atoms with E-state index in [0.29, 0.717) is 0 Å². The van der Waals surface area contributed by atoms with Crippen LogP contribution in [-0.4, -0.2) is 165 Å². The molecule has 6 amide bonds. The number of phenolic OH excluding ortho intramolecular Hbond substituents is 6. The van der Waals surface area contributed by atoms with E-state index in [4.69, 9.17) is 15.3 Å². The maximum Gasteiger partial charge on any atom is 3.00 e. The summed E-state index contributed by atoms with van der Waals surface area (Å²) >= 11 is 0. The number of aliphatic hydroxyl groups is 3. The molecular weight excluding hydrogens is 859 g/mol. The van der Waals surface area contributed by atoms with Crippen LogP contribution in [0.3, 0.4) is 0 Å². The fourth-order valence-electron chi connectivity index (χ4n) is 5.24. The molecule has 0 aliphatic heterocycles. The first-order valence-electron chi connectivity index (χ1n) is 17.6. The van der Waals surface area contributed by atoms with Gasteiger partial charge in [-0.25, -0.2) is 0 Å². The van der Waals surface area contributed by atoms with Crippen molar-refractivity contribution in [2.24, 2.45) is 0 Å². The minimum atomic E-state index is -0.877. The van der Waals surface area contributed by atoms with Gasteiger partial charge in [-0.1, -0.05) is 0 Å². The first kappa shape index (κ1) is 49.4. The van der Waals surface area contributed by atoms with Gasteiger partial charge >= 0.3 is 32.7 Å². The topological polar surface area (TPSA) is 360 Å². The molecule has 3 rings (SSSR count). The molecule has 0 unspecified atom stereocenters. The van der Waals surface area contributed by atoms with Crippen LogP contribution >= 0.6 is 0 Å². The number of aliphatic hydroxyl groups excluding tert-OH is 3. The number of hydrogen-bond donors (Lipinski definition) is 15. The van der Waals surface area contributed by atoms with Crippen molar-refractivity contribution in [2.75, 3.05) is 78.7 Å². The normalized spacial score (nSPS) is 10.6. The summed E-state index contributed by atoms with van der Waals surface area (Å²) in [4.78, 5) is 76.9. The Kier molecular flexibility index (Phi) is 20.3. The van der Waals surface area contributed by atoms with Crippen LogP contribution in [0.15, 0.2) is 36.4 Å². The van der Waals surface area contributed by atoms with Crippen molar-refractivity contribution in [3.05, 3.63) is 69.8 Å². The molecule has 0 bridgehead atoms. The van der Waals surface area contributed by atoms with Crippen molar-refractivity contribution in [1.29, 1.82) is 0 Å². The Labute approximate surface area is 361 Å². The molecule has 3 aromatic carbocycles. The number of carbonyl (C=O) groups excluding carboxylic acids is 6. The zero-order valence-corrected chi connectivity index (χ0v) is 34.3. The van der Waals surface area contributed by atoms with E-state index >= 15 is 0 Å². The summed E-state index contributed by atoms with van der Waals surface area (Å²) in [6.07, 6.45) is 0. The van der Waals surface area contributed by atoms with Crippen molar-refractivity contribution >= 4 is 35.4 Å². The van der Waals surface area contributed by atoms with Gasteiger partial charge in [-0.3, -0.25) is 33.7 Å². The third-order valence-corrected chi connectivity index (χ3v) is 8.25. The molecule has 23 heteroatoms. The summed E-state index contributed by atoms with van der Waals surface area (Å²) in [7, 11) is 0. The zero-order chi connectivity index (χ0) is 42.9. The van der Waals surface area contributed by atoms with Gasteiger partial charge in [-0.2, -0.15) is 0 Å². The van der Waals surface area contributed by atoms with Crippen molar-refractivity contribution in [3.8, 4) is 34.5 Å². The van der Waals surface area contributed by atoms with Gasteiger partial charge in [0, 0.05) is 58.9 Å². The van der Waals surface area contributed by atoms with E-state index in [2.05, 4.69) is 31.9 Å². The number of phenols is 6. The average molecular weight is 905 g/mol. The quantitative estimate of drug-likeness (QED) is 0.0473. The first-order chi connectivity index (χ1) is 27.7. The summed E-state index contributed by atoms with van der Waals surface area (Å²) in [6.45, 7) is -1.69. The van der Waals surface area contributed by atoms with Crippen molar-refractivity contribution in [1.82, 2.24) is 36.8 Å². The Morgan fingerprint density at radius 1 is 0.356 bits per heavy atom. The minimum Gasteiger partial charge on any atom is -0.504 e. The van der Waals surface area contributed by atoms with Gasteiger partial charge in [-0.05, 0) is 36.4 Å². The van der Waals surface area contributed by atoms with Gasteiger partial charge in [0.1, 0.15) is 0 Å². The van der Waals surface area contributed by atoms with Gasteiger partial charge in [0.15, 0.2) is 34.5 Å². The second kappa shape index (κ2) is 24.2. The van der Waals surface area contributed by atoms with Crippen LogP contribution in [0.2, 0.25) is 0 Å². The number of hydrogen-bond acceptors (Lipinski definition) is 16. The number of amides is 6. The average Bonchev–Trinajstić information content (AvgIpc) is 3.20. The molecule has 0 radical (unpaired) electrons. The van der Waals surface area contributed by atoms with Crippen LogP contribution < -0.4 is 31.9 Å². The van der Waals surface area contributed by atoms with Gasteiger partial charge in [0.25, 0.3) is 35.4 Å². The van der Waals surface area contributed by atoms with Crippen LogP contribution in [0.25, 0.3) is 0 Å². The Morgan fingerprint density at radius 3 is 0.695 bits per heavy atom. The predicted octanol–water partition coefficient (Wildman–Crippen LogP) is -3.02. The van der Waals surface area contributed by atoms with Crippen molar-refractivity contribution in [3.63, 3.8) is 0 Å². The van der Waals surface area contributed by atoms with Crippen LogP contribution in [0, 0.1) is 0 Å². The van der Waals surface area contributed by atoms with Gasteiger partial charge in [0.05, 0.1) is 53.2 Å². The number of carbonyl (C=O) groups is 6. The standard InChI is InChI=1S/C36H45N7O15.Y/c44-16-10-40-34(56)22-4-1-19(25(47)28(22)50)31(53)37-7-13-43(14-8-38-32(54)20-2-5-23(29(51)26(20)48)35(57)41-11-17-45)15-9-39-33(55)21-3-6-24(30(52)27(21)49)36(58)42-12-18-46;/h1-6,44-52H,7-18H2,(H,37,53)(H,38,54)(H,39,55)(H,40,56)(H,41,57)(H,42,58);/q;+3. The molecule has 314 valence electrons. The summed E-state index contributed by atoms with van der Waals surface area (Å²) in [5, 5.41) is 103. The van der Waals surface area contributed by atoms with E-state index in [-0.39, 0.29) is 145 Å². The Hall–Kier alpha value is -5.78. The molecule has 0 fully saturated rings. The fourth-order valence-corrected chi connectivity index (χ4v) is 5.24. The molecule has 0 atom stereocenters. The van der Waals surface area contributed by atoms with E-state index in [1.165, 1.54) is 0 Å². The Bertz CT molecular complexity index is 1780. The maximum atomic E-state index is 12.9. The fraction of sp³-hybridized carbons (Fsp3) is 0.333. The van der Waals surface area contributed by atoms with Crippen molar-refractivity contribution in [2.45, 2.75) is 0 Å². The van der Waals surface area contributed by atoms with E-state index in [1.807, 2.05) is 0 Å². The molecule has 59 heavy (non-hydrogen) atoms. The summed E-state index contributed by atoms with van der Waals surface area (Å²) in [6, 6.07) is 6.60. The largest absolute Gasteiger partial charge is 3.00 e. The molecule has 0 saturated carbocycles. The molecule has 15 N–H and O–H groups in total. The molecule has 0 aromatic heterocycles. The second-order valence-corrected chi connectivity index (χ2v) is 12.1. The molecule has 3 aromatic rings. The number of nitrogens with one attached hydrogen (secondary N) is 6. The number of aromatic hydroxyl groups is 6. The number of nitrogens with zero attached hydrogens (tertiary/aromatic N) is 1. The van der Waals surface area contributed by atoms with Crippen LogP contribution in [0.5, 0.6) is 34.5 Å². The molecule has 22 nitrogen and oxygen atoms in total. The molecule has 0 saturated heterocycles. The Balaban J connectivity index is 0.0000120.